The molecule has 1 saturated heterocycles. The molecule has 1 atom stereocenters. The van der Waals surface area contributed by atoms with Crippen molar-refractivity contribution >= 4 is 32.6 Å². The minimum absolute atomic E-state index is 0.0102. The SMILES string of the molecule is CC[C@H](C)N(CCNC(=O)c1ccc2nc(N3CCOCC3)sc2c1)C1CCCCC1. The summed E-state index contributed by atoms with van der Waals surface area (Å²) in [6.45, 7) is 9.45. The van der Waals surface area contributed by atoms with E-state index in [1.165, 1.54) is 32.1 Å². The minimum atomic E-state index is 0.0102. The molecule has 2 heterocycles. The van der Waals surface area contributed by atoms with E-state index in [1.807, 2.05) is 18.2 Å². The van der Waals surface area contributed by atoms with Crippen molar-refractivity contribution in [1.29, 1.82) is 0 Å². The van der Waals surface area contributed by atoms with E-state index >= 15 is 0 Å². The van der Waals surface area contributed by atoms with E-state index in [4.69, 9.17) is 9.72 Å². The molecule has 7 heteroatoms. The van der Waals surface area contributed by atoms with Crippen LogP contribution in [-0.2, 0) is 4.74 Å². The third-order valence-electron chi connectivity index (χ3n) is 6.78. The number of aromatic nitrogens is 1. The Morgan fingerprint density at radius 3 is 2.81 bits per heavy atom. The number of morpholine rings is 1. The van der Waals surface area contributed by atoms with Crippen LogP contribution >= 0.6 is 11.3 Å². The average molecular weight is 445 g/mol. The van der Waals surface area contributed by atoms with Crippen molar-refractivity contribution in [3.63, 3.8) is 0 Å². The number of hydrogen-bond acceptors (Lipinski definition) is 6. The van der Waals surface area contributed by atoms with Crippen LogP contribution in [0, 0.1) is 0 Å². The smallest absolute Gasteiger partial charge is 0.251 e. The molecule has 6 nitrogen and oxygen atoms in total. The molecule has 31 heavy (non-hydrogen) atoms. The lowest BCUT2D eigenvalue weighted by Crippen LogP contribution is -2.46. The van der Waals surface area contributed by atoms with Gasteiger partial charge in [0.15, 0.2) is 5.13 Å². The summed E-state index contributed by atoms with van der Waals surface area (Å²) < 4.78 is 6.51. The first-order chi connectivity index (χ1) is 15.2. The van der Waals surface area contributed by atoms with Gasteiger partial charge in [0.05, 0.1) is 23.4 Å². The molecule has 1 N–H and O–H groups in total. The van der Waals surface area contributed by atoms with E-state index in [0.717, 1.165) is 60.2 Å². The summed E-state index contributed by atoms with van der Waals surface area (Å²) in [6.07, 6.45) is 7.79. The molecule has 2 aliphatic rings. The molecule has 1 aromatic carbocycles. The molecule has 0 bridgehead atoms. The monoisotopic (exact) mass is 444 g/mol. The predicted octanol–water partition coefficient (Wildman–Crippen LogP) is 4.30. The van der Waals surface area contributed by atoms with E-state index < -0.39 is 0 Å². The number of carbonyl (C=O) groups excluding carboxylic acids is 1. The van der Waals surface area contributed by atoms with Crippen LogP contribution in [0.5, 0.6) is 0 Å². The summed E-state index contributed by atoms with van der Waals surface area (Å²) in [7, 11) is 0. The lowest BCUT2D eigenvalue weighted by molar-refractivity contribution is 0.0903. The molecule has 4 rings (SSSR count). The van der Waals surface area contributed by atoms with Crippen molar-refractivity contribution in [1.82, 2.24) is 15.2 Å². The Morgan fingerprint density at radius 2 is 2.06 bits per heavy atom. The number of ether oxygens (including phenoxy) is 1. The number of amides is 1. The van der Waals surface area contributed by atoms with Crippen LogP contribution in [0.25, 0.3) is 10.2 Å². The van der Waals surface area contributed by atoms with E-state index in [0.29, 0.717) is 18.6 Å². The normalized spacial score (nSPS) is 19.1. The number of rotatable bonds is 8. The van der Waals surface area contributed by atoms with Gasteiger partial charge in [-0.2, -0.15) is 0 Å². The molecule has 2 fully saturated rings. The maximum Gasteiger partial charge on any atom is 0.251 e. The number of fused-ring (bicyclic) bond motifs is 1. The lowest BCUT2D eigenvalue weighted by atomic mass is 9.93. The number of thiazole rings is 1. The van der Waals surface area contributed by atoms with E-state index in [2.05, 4.69) is 29.0 Å². The summed E-state index contributed by atoms with van der Waals surface area (Å²) in [6, 6.07) is 7.09. The third kappa shape index (κ3) is 5.57. The fraction of sp³-hybridized carbons (Fsp3) is 0.667. The van der Waals surface area contributed by atoms with E-state index in [9.17, 15) is 4.79 Å². The third-order valence-corrected chi connectivity index (χ3v) is 7.86. The van der Waals surface area contributed by atoms with Crippen molar-refractivity contribution in [3.05, 3.63) is 23.8 Å². The molecular formula is C24H36N4O2S. The summed E-state index contributed by atoms with van der Waals surface area (Å²) in [5, 5.41) is 4.18. The first-order valence-electron chi connectivity index (χ1n) is 11.9. The zero-order chi connectivity index (χ0) is 21.6. The van der Waals surface area contributed by atoms with Crippen LogP contribution in [-0.4, -0.2) is 67.3 Å². The number of carbonyl (C=O) groups is 1. The Hall–Kier alpha value is -1.70. The van der Waals surface area contributed by atoms with Gasteiger partial charge in [-0.3, -0.25) is 9.69 Å². The Bertz CT molecular complexity index is 858. The first kappa shape index (κ1) is 22.5. The Kier molecular flexibility index (Phi) is 7.80. The number of benzene rings is 1. The highest BCUT2D eigenvalue weighted by atomic mass is 32.1. The highest BCUT2D eigenvalue weighted by Crippen LogP contribution is 2.30. The fourth-order valence-corrected chi connectivity index (χ4v) is 5.81. The van der Waals surface area contributed by atoms with Gasteiger partial charge in [0.25, 0.3) is 5.91 Å². The molecule has 0 radical (unpaired) electrons. The molecule has 1 amide bonds. The quantitative estimate of drug-likeness (QED) is 0.658. The van der Waals surface area contributed by atoms with E-state index in [1.54, 1.807) is 11.3 Å². The Morgan fingerprint density at radius 1 is 1.29 bits per heavy atom. The zero-order valence-electron chi connectivity index (χ0n) is 18.9. The van der Waals surface area contributed by atoms with Gasteiger partial charge in [0, 0.05) is 43.8 Å². The van der Waals surface area contributed by atoms with Gasteiger partial charge < -0.3 is 15.0 Å². The Labute approximate surface area is 190 Å². The summed E-state index contributed by atoms with van der Waals surface area (Å²) in [5.41, 5.74) is 1.68. The number of anilines is 1. The molecular weight excluding hydrogens is 408 g/mol. The van der Waals surface area contributed by atoms with Crippen molar-refractivity contribution in [2.75, 3.05) is 44.3 Å². The van der Waals surface area contributed by atoms with Gasteiger partial charge in [-0.1, -0.05) is 37.5 Å². The van der Waals surface area contributed by atoms with Gasteiger partial charge in [-0.05, 0) is 44.4 Å². The van der Waals surface area contributed by atoms with Crippen LogP contribution < -0.4 is 10.2 Å². The molecule has 1 saturated carbocycles. The number of nitrogens with zero attached hydrogens (tertiary/aromatic N) is 3. The fourth-order valence-electron chi connectivity index (χ4n) is 4.75. The van der Waals surface area contributed by atoms with Crippen LogP contribution in [0.4, 0.5) is 5.13 Å². The molecule has 170 valence electrons. The molecule has 1 aliphatic heterocycles. The number of hydrogen-bond donors (Lipinski definition) is 1. The van der Waals surface area contributed by atoms with Gasteiger partial charge in [0.2, 0.25) is 0 Å². The van der Waals surface area contributed by atoms with Crippen molar-refractivity contribution < 1.29 is 9.53 Å². The molecule has 0 spiro atoms. The Balaban J connectivity index is 1.36. The topological polar surface area (TPSA) is 57.7 Å². The van der Waals surface area contributed by atoms with Crippen LogP contribution in [0.1, 0.15) is 62.7 Å². The highest BCUT2D eigenvalue weighted by Gasteiger charge is 2.24. The van der Waals surface area contributed by atoms with Gasteiger partial charge >= 0.3 is 0 Å². The first-order valence-corrected chi connectivity index (χ1v) is 12.7. The highest BCUT2D eigenvalue weighted by molar-refractivity contribution is 7.22. The van der Waals surface area contributed by atoms with Crippen molar-refractivity contribution in [2.24, 2.45) is 0 Å². The molecule has 1 aliphatic carbocycles. The van der Waals surface area contributed by atoms with Crippen molar-refractivity contribution in [2.45, 2.75) is 64.5 Å². The van der Waals surface area contributed by atoms with Gasteiger partial charge in [-0.25, -0.2) is 4.98 Å². The van der Waals surface area contributed by atoms with Gasteiger partial charge in [0.1, 0.15) is 0 Å². The largest absolute Gasteiger partial charge is 0.378 e. The van der Waals surface area contributed by atoms with Crippen LogP contribution in [0.3, 0.4) is 0 Å². The second-order valence-corrected chi connectivity index (χ2v) is 9.83. The second-order valence-electron chi connectivity index (χ2n) is 8.82. The number of nitrogens with one attached hydrogen (secondary N) is 1. The van der Waals surface area contributed by atoms with Crippen LogP contribution in [0.2, 0.25) is 0 Å². The zero-order valence-corrected chi connectivity index (χ0v) is 19.8. The molecule has 2 aromatic rings. The summed E-state index contributed by atoms with van der Waals surface area (Å²) >= 11 is 1.66. The minimum Gasteiger partial charge on any atom is -0.378 e. The lowest BCUT2D eigenvalue weighted by Gasteiger charge is -2.38. The molecule has 0 unspecified atom stereocenters. The van der Waals surface area contributed by atoms with E-state index in [-0.39, 0.29) is 5.91 Å². The van der Waals surface area contributed by atoms with Crippen LogP contribution in [0.15, 0.2) is 18.2 Å². The second kappa shape index (κ2) is 10.7. The molecule has 1 aromatic heterocycles. The summed E-state index contributed by atoms with van der Waals surface area (Å²) in [4.78, 5) is 22.5. The maximum absolute atomic E-state index is 12.8. The standard InChI is InChI=1S/C24H36N4O2S/c1-3-18(2)28(20-7-5-4-6-8-20)12-11-25-23(29)19-9-10-21-22(17-19)31-24(26-21)27-13-15-30-16-14-27/h9-10,17-18,20H,3-8,11-16H2,1-2H3,(H,25,29)/t18-/m0/s1. The van der Waals surface area contributed by atoms with Crippen molar-refractivity contribution in [3.8, 4) is 0 Å². The van der Waals surface area contributed by atoms with Gasteiger partial charge in [-0.15, -0.1) is 0 Å². The predicted molar refractivity (Wildman–Crippen MR) is 128 cm³/mol. The average Bonchev–Trinajstić information content (AvgIpc) is 3.26. The summed E-state index contributed by atoms with van der Waals surface area (Å²) in [5.74, 6) is 0.0102. The maximum atomic E-state index is 12.8.